The van der Waals surface area contributed by atoms with Gasteiger partial charge >= 0.3 is 5.97 Å². The molecule has 0 amide bonds. The molecule has 1 aliphatic carbocycles. The summed E-state index contributed by atoms with van der Waals surface area (Å²) in [5.74, 6) is 0.284. The highest BCUT2D eigenvalue weighted by atomic mass is 32.1. The van der Waals surface area contributed by atoms with Crippen molar-refractivity contribution >= 4 is 22.3 Å². The molecule has 1 unspecified atom stereocenters. The van der Waals surface area contributed by atoms with Crippen molar-refractivity contribution in [2.24, 2.45) is 0 Å². The number of carbonyl (C=O) groups is 1. The molecule has 116 valence electrons. The number of thiophene rings is 1. The number of para-hydroxylation sites is 1. The number of phenols is 1. The number of nitrogens with two attached hydrogens (primary N) is 1. The number of benzene rings is 1. The number of fused-ring (bicyclic) bond motifs is 1. The van der Waals surface area contributed by atoms with E-state index < -0.39 is 0 Å². The van der Waals surface area contributed by atoms with Crippen LogP contribution in [0.25, 0.3) is 0 Å². The molecule has 1 aromatic carbocycles. The summed E-state index contributed by atoms with van der Waals surface area (Å²) >= 11 is 1.47. The molecule has 3 N–H and O–H groups in total. The monoisotopic (exact) mass is 317 g/mol. The van der Waals surface area contributed by atoms with Crippen molar-refractivity contribution in [3.63, 3.8) is 0 Å². The highest BCUT2D eigenvalue weighted by Crippen LogP contribution is 2.43. The fourth-order valence-electron chi connectivity index (χ4n) is 3.13. The summed E-state index contributed by atoms with van der Waals surface area (Å²) in [7, 11) is 0. The van der Waals surface area contributed by atoms with Gasteiger partial charge in [-0.25, -0.2) is 4.79 Å². The van der Waals surface area contributed by atoms with E-state index in [2.05, 4.69) is 0 Å². The second-order valence-corrected chi connectivity index (χ2v) is 6.60. The van der Waals surface area contributed by atoms with Gasteiger partial charge in [-0.2, -0.15) is 0 Å². The van der Waals surface area contributed by atoms with Crippen molar-refractivity contribution in [1.29, 1.82) is 0 Å². The molecule has 0 fully saturated rings. The molecule has 0 aliphatic heterocycles. The lowest BCUT2D eigenvalue weighted by Gasteiger charge is -2.23. The van der Waals surface area contributed by atoms with Gasteiger partial charge in [0, 0.05) is 4.88 Å². The smallest absolute Gasteiger partial charge is 0.341 e. The first kappa shape index (κ1) is 14.9. The third kappa shape index (κ3) is 2.57. The Balaban J connectivity index is 1.90. The highest BCUT2D eigenvalue weighted by molar-refractivity contribution is 7.16. The number of hydrogen-bond donors (Lipinski definition) is 2. The van der Waals surface area contributed by atoms with Crippen molar-refractivity contribution in [2.45, 2.75) is 32.1 Å². The normalized spacial score (nSPS) is 17.0. The first-order chi connectivity index (χ1) is 10.6. The van der Waals surface area contributed by atoms with Crippen molar-refractivity contribution in [3.8, 4) is 5.75 Å². The van der Waals surface area contributed by atoms with Crippen LogP contribution in [-0.2, 0) is 17.6 Å². The van der Waals surface area contributed by atoms with Crippen molar-refractivity contribution < 1.29 is 14.6 Å². The largest absolute Gasteiger partial charge is 0.508 e. The molecule has 1 aromatic heterocycles. The number of ether oxygens (including phenoxy) is 1. The summed E-state index contributed by atoms with van der Waals surface area (Å²) in [6.07, 6.45) is 2.49. The molecule has 0 saturated carbocycles. The van der Waals surface area contributed by atoms with E-state index >= 15 is 0 Å². The van der Waals surface area contributed by atoms with E-state index in [-0.39, 0.29) is 11.9 Å². The summed E-state index contributed by atoms with van der Waals surface area (Å²) in [5.41, 5.74) is 8.59. The van der Waals surface area contributed by atoms with Crippen LogP contribution in [-0.4, -0.2) is 17.7 Å². The topological polar surface area (TPSA) is 72.5 Å². The van der Waals surface area contributed by atoms with Crippen LogP contribution in [0.4, 0.5) is 5.00 Å². The highest BCUT2D eigenvalue weighted by Gasteiger charge is 2.30. The molecule has 0 saturated heterocycles. The van der Waals surface area contributed by atoms with E-state index in [1.54, 1.807) is 13.0 Å². The molecule has 1 atom stereocenters. The maximum Gasteiger partial charge on any atom is 0.341 e. The molecule has 3 rings (SSSR count). The van der Waals surface area contributed by atoms with E-state index in [4.69, 9.17) is 10.5 Å². The fraction of sp³-hybridized carbons (Fsp3) is 0.353. The minimum atomic E-state index is -0.321. The number of carbonyl (C=O) groups excluding carboxylic acids is 1. The number of rotatable bonds is 3. The fourth-order valence-corrected chi connectivity index (χ4v) is 4.32. The van der Waals surface area contributed by atoms with Gasteiger partial charge in [0.25, 0.3) is 0 Å². The van der Waals surface area contributed by atoms with Crippen molar-refractivity contribution in [2.75, 3.05) is 12.3 Å². The van der Waals surface area contributed by atoms with Gasteiger partial charge in [-0.05, 0) is 49.3 Å². The van der Waals surface area contributed by atoms with Crippen LogP contribution < -0.4 is 5.73 Å². The first-order valence-corrected chi connectivity index (χ1v) is 8.28. The number of esters is 1. The Morgan fingerprint density at radius 2 is 2.23 bits per heavy atom. The first-order valence-electron chi connectivity index (χ1n) is 7.46. The average Bonchev–Trinajstić information content (AvgIpc) is 2.83. The summed E-state index contributed by atoms with van der Waals surface area (Å²) in [4.78, 5) is 13.2. The number of nitrogen functional groups attached to an aromatic ring is 1. The van der Waals surface area contributed by atoms with Crippen LogP contribution in [0.3, 0.4) is 0 Å². The summed E-state index contributed by atoms with van der Waals surface area (Å²) < 4.78 is 5.11. The van der Waals surface area contributed by atoms with Gasteiger partial charge in [0.1, 0.15) is 10.8 Å². The molecule has 1 heterocycles. The summed E-state index contributed by atoms with van der Waals surface area (Å²) in [6, 6.07) is 7.46. The Morgan fingerprint density at radius 1 is 1.45 bits per heavy atom. The molecular weight excluding hydrogens is 298 g/mol. The minimum Gasteiger partial charge on any atom is -0.508 e. The van der Waals surface area contributed by atoms with Crippen molar-refractivity contribution in [3.05, 3.63) is 45.8 Å². The van der Waals surface area contributed by atoms with Gasteiger partial charge in [-0.1, -0.05) is 18.2 Å². The van der Waals surface area contributed by atoms with Crippen LogP contribution >= 0.6 is 11.3 Å². The molecule has 0 radical (unpaired) electrons. The lowest BCUT2D eigenvalue weighted by molar-refractivity contribution is 0.0526. The third-order valence-electron chi connectivity index (χ3n) is 4.15. The van der Waals surface area contributed by atoms with Crippen molar-refractivity contribution in [1.82, 2.24) is 0 Å². The third-order valence-corrected chi connectivity index (χ3v) is 5.23. The lowest BCUT2D eigenvalue weighted by Crippen LogP contribution is -2.15. The maximum absolute atomic E-state index is 12.1. The number of aromatic hydroxyl groups is 1. The minimum absolute atomic E-state index is 0.266. The van der Waals surface area contributed by atoms with Crippen LogP contribution in [0, 0.1) is 0 Å². The van der Waals surface area contributed by atoms with E-state index in [9.17, 15) is 9.90 Å². The Bertz CT molecular complexity index is 708. The SMILES string of the molecule is CCOC(=O)c1c(N)sc2c1CCC(c1ccccc1O)C2. The standard InChI is InChI=1S/C17H19NO3S/c1-2-21-17(20)15-12-8-7-10(9-14(12)22-16(15)18)11-5-3-4-6-13(11)19/h3-6,10,19H,2,7-9,18H2,1H3. The summed E-state index contributed by atoms with van der Waals surface area (Å²) in [6.45, 7) is 2.14. The van der Waals surface area contributed by atoms with Gasteiger partial charge in [-0.15, -0.1) is 11.3 Å². The summed E-state index contributed by atoms with van der Waals surface area (Å²) in [5, 5.41) is 10.6. The van der Waals surface area contributed by atoms with Crippen LogP contribution in [0.5, 0.6) is 5.75 Å². The molecule has 22 heavy (non-hydrogen) atoms. The van der Waals surface area contributed by atoms with Gasteiger partial charge in [-0.3, -0.25) is 0 Å². The Labute approximate surface area is 133 Å². The van der Waals surface area contributed by atoms with Crippen LogP contribution in [0.15, 0.2) is 24.3 Å². The average molecular weight is 317 g/mol. The van der Waals surface area contributed by atoms with Crippen LogP contribution in [0.2, 0.25) is 0 Å². The van der Waals surface area contributed by atoms with Gasteiger partial charge in [0.15, 0.2) is 0 Å². The van der Waals surface area contributed by atoms with Gasteiger partial charge in [0.05, 0.1) is 12.2 Å². The zero-order chi connectivity index (χ0) is 15.7. The number of hydrogen-bond acceptors (Lipinski definition) is 5. The molecular formula is C17H19NO3S. The van der Waals surface area contributed by atoms with Gasteiger partial charge < -0.3 is 15.6 Å². The Hall–Kier alpha value is -2.01. The van der Waals surface area contributed by atoms with Crippen LogP contribution in [0.1, 0.15) is 45.6 Å². The quantitative estimate of drug-likeness (QED) is 0.850. The van der Waals surface area contributed by atoms with E-state index in [1.807, 2.05) is 18.2 Å². The van der Waals surface area contributed by atoms with Gasteiger partial charge in [0.2, 0.25) is 0 Å². The molecule has 1 aliphatic rings. The predicted molar refractivity (Wildman–Crippen MR) is 87.6 cm³/mol. The Morgan fingerprint density at radius 3 is 2.95 bits per heavy atom. The molecule has 0 bridgehead atoms. The second-order valence-electron chi connectivity index (χ2n) is 5.46. The molecule has 0 spiro atoms. The lowest BCUT2D eigenvalue weighted by atomic mass is 9.82. The molecule has 5 heteroatoms. The second kappa shape index (κ2) is 6.01. The maximum atomic E-state index is 12.1. The Kier molecular flexibility index (Phi) is 4.07. The molecule has 2 aromatic rings. The zero-order valence-electron chi connectivity index (χ0n) is 12.5. The number of phenolic OH excluding ortho intramolecular Hbond substituents is 1. The molecule has 4 nitrogen and oxygen atoms in total. The zero-order valence-corrected chi connectivity index (χ0v) is 13.3. The predicted octanol–water partition coefficient (Wildman–Crippen LogP) is 3.49. The number of anilines is 1. The van der Waals surface area contributed by atoms with E-state index in [0.29, 0.717) is 22.9 Å². The van der Waals surface area contributed by atoms with E-state index in [0.717, 1.165) is 35.3 Å². The van der Waals surface area contributed by atoms with E-state index in [1.165, 1.54) is 11.3 Å².